The van der Waals surface area contributed by atoms with Gasteiger partial charge in [-0.05, 0) is 18.1 Å². The standard InChI is InChI=1S/C10H12FNO2/c1-14-12-10(13)7-6-8-4-2-3-5-9(8)11/h2-5H,6-7H2,1H3,(H,12,13). The van der Waals surface area contributed by atoms with E-state index in [1.165, 1.54) is 13.2 Å². The fourth-order valence-electron chi connectivity index (χ4n) is 1.11. The quantitative estimate of drug-likeness (QED) is 0.741. The molecule has 0 saturated heterocycles. The molecule has 0 unspecified atom stereocenters. The minimum atomic E-state index is -0.280. The summed E-state index contributed by atoms with van der Waals surface area (Å²) in [7, 11) is 1.36. The van der Waals surface area contributed by atoms with Crippen LogP contribution in [-0.2, 0) is 16.1 Å². The van der Waals surface area contributed by atoms with E-state index in [2.05, 4.69) is 10.3 Å². The Bertz CT molecular complexity index is 315. The van der Waals surface area contributed by atoms with Crippen molar-refractivity contribution in [3.05, 3.63) is 35.6 Å². The van der Waals surface area contributed by atoms with Crippen LogP contribution in [0.5, 0.6) is 0 Å². The van der Waals surface area contributed by atoms with Gasteiger partial charge in [-0.1, -0.05) is 18.2 Å². The van der Waals surface area contributed by atoms with Gasteiger partial charge in [-0.3, -0.25) is 9.63 Å². The van der Waals surface area contributed by atoms with Crippen LogP contribution in [0.3, 0.4) is 0 Å². The minimum Gasteiger partial charge on any atom is -0.277 e. The average molecular weight is 197 g/mol. The molecule has 3 nitrogen and oxygen atoms in total. The molecule has 1 aromatic rings. The molecule has 0 fully saturated rings. The van der Waals surface area contributed by atoms with Gasteiger partial charge in [0.2, 0.25) is 5.91 Å². The van der Waals surface area contributed by atoms with Crippen molar-refractivity contribution in [2.24, 2.45) is 0 Å². The van der Waals surface area contributed by atoms with Crippen molar-refractivity contribution in [1.82, 2.24) is 5.48 Å². The molecular formula is C10H12FNO2. The smallest absolute Gasteiger partial charge is 0.243 e. The van der Waals surface area contributed by atoms with Crippen LogP contribution < -0.4 is 5.48 Å². The van der Waals surface area contributed by atoms with E-state index in [4.69, 9.17) is 0 Å². The third-order valence-electron chi connectivity index (χ3n) is 1.80. The number of carbonyl (C=O) groups excluding carboxylic acids is 1. The van der Waals surface area contributed by atoms with Crippen molar-refractivity contribution in [1.29, 1.82) is 0 Å². The molecule has 0 radical (unpaired) electrons. The fraction of sp³-hybridized carbons (Fsp3) is 0.300. The summed E-state index contributed by atoms with van der Waals surface area (Å²) in [5.41, 5.74) is 2.71. The van der Waals surface area contributed by atoms with E-state index in [-0.39, 0.29) is 18.1 Å². The third kappa shape index (κ3) is 3.14. The number of carbonyl (C=O) groups is 1. The second-order valence-corrected chi connectivity index (χ2v) is 2.82. The van der Waals surface area contributed by atoms with Crippen LogP contribution in [0.2, 0.25) is 0 Å². The molecule has 0 spiro atoms. The predicted molar refractivity (Wildman–Crippen MR) is 49.9 cm³/mol. The second kappa shape index (κ2) is 5.34. The van der Waals surface area contributed by atoms with E-state index in [0.29, 0.717) is 12.0 Å². The Morgan fingerprint density at radius 3 is 2.86 bits per heavy atom. The summed E-state index contributed by atoms with van der Waals surface area (Å²) in [6.07, 6.45) is 0.594. The van der Waals surface area contributed by atoms with Gasteiger partial charge in [-0.15, -0.1) is 0 Å². The van der Waals surface area contributed by atoms with E-state index < -0.39 is 0 Å². The first-order chi connectivity index (χ1) is 6.74. The summed E-state index contributed by atoms with van der Waals surface area (Å²) in [6, 6.07) is 6.40. The molecule has 1 rings (SSSR count). The fourth-order valence-corrected chi connectivity index (χ4v) is 1.11. The molecule has 1 amide bonds. The van der Waals surface area contributed by atoms with Gasteiger partial charge in [0, 0.05) is 6.42 Å². The molecule has 0 aromatic heterocycles. The summed E-state index contributed by atoms with van der Waals surface area (Å²) in [4.78, 5) is 15.4. The van der Waals surface area contributed by atoms with Gasteiger partial charge < -0.3 is 0 Å². The van der Waals surface area contributed by atoms with E-state index >= 15 is 0 Å². The lowest BCUT2D eigenvalue weighted by Gasteiger charge is -2.02. The first kappa shape index (κ1) is 10.7. The third-order valence-corrected chi connectivity index (χ3v) is 1.80. The van der Waals surface area contributed by atoms with Crippen molar-refractivity contribution in [2.75, 3.05) is 7.11 Å². The lowest BCUT2D eigenvalue weighted by molar-refractivity contribution is -0.131. The average Bonchev–Trinajstić information content (AvgIpc) is 2.17. The largest absolute Gasteiger partial charge is 0.277 e. The van der Waals surface area contributed by atoms with Gasteiger partial charge in [-0.25, -0.2) is 9.87 Å². The van der Waals surface area contributed by atoms with E-state index in [9.17, 15) is 9.18 Å². The molecule has 14 heavy (non-hydrogen) atoms. The summed E-state index contributed by atoms with van der Waals surface area (Å²) in [5, 5.41) is 0. The molecule has 0 aliphatic heterocycles. The SMILES string of the molecule is CONC(=O)CCc1ccccc1F. The molecule has 0 saturated carbocycles. The number of rotatable bonds is 4. The first-order valence-electron chi connectivity index (χ1n) is 4.29. The molecule has 0 aliphatic carbocycles. The van der Waals surface area contributed by atoms with Gasteiger partial charge in [0.1, 0.15) is 5.82 Å². The van der Waals surface area contributed by atoms with Crippen LogP contribution in [0.25, 0.3) is 0 Å². The zero-order valence-electron chi connectivity index (χ0n) is 7.92. The summed E-state index contributed by atoms with van der Waals surface area (Å²) in [5.74, 6) is -0.534. The Hall–Kier alpha value is -1.42. The monoisotopic (exact) mass is 197 g/mol. The summed E-state index contributed by atoms with van der Waals surface area (Å²) in [6.45, 7) is 0. The highest BCUT2D eigenvalue weighted by atomic mass is 19.1. The molecule has 0 bridgehead atoms. The lowest BCUT2D eigenvalue weighted by Crippen LogP contribution is -2.22. The zero-order valence-corrected chi connectivity index (χ0v) is 7.92. The van der Waals surface area contributed by atoms with Crippen LogP contribution in [0, 0.1) is 5.82 Å². The van der Waals surface area contributed by atoms with Crippen LogP contribution in [0.15, 0.2) is 24.3 Å². The number of hydrogen-bond donors (Lipinski definition) is 1. The Morgan fingerprint density at radius 1 is 1.50 bits per heavy atom. The van der Waals surface area contributed by atoms with Gasteiger partial charge in [0.05, 0.1) is 7.11 Å². The molecule has 76 valence electrons. The van der Waals surface area contributed by atoms with Gasteiger partial charge in [-0.2, -0.15) is 0 Å². The second-order valence-electron chi connectivity index (χ2n) is 2.82. The molecule has 1 aromatic carbocycles. The Morgan fingerprint density at radius 2 is 2.21 bits per heavy atom. The molecule has 1 N–H and O–H groups in total. The maximum atomic E-state index is 13.1. The highest BCUT2D eigenvalue weighted by molar-refractivity contribution is 5.74. The molecule has 0 atom stereocenters. The zero-order chi connectivity index (χ0) is 10.4. The van der Waals surface area contributed by atoms with Crippen LogP contribution in [0.1, 0.15) is 12.0 Å². The Labute approximate surface area is 81.8 Å². The van der Waals surface area contributed by atoms with E-state index in [1.807, 2.05) is 0 Å². The van der Waals surface area contributed by atoms with Gasteiger partial charge in [0.25, 0.3) is 0 Å². The lowest BCUT2D eigenvalue weighted by atomic mass is 10.1. The number of nitrogens with one attached hydrogen (secondary N) is 1. The van der Waals surface area contributed by atoms with Gasteiger partial charge >= 0.3 is 0 Å². The number of halogens is 1. The topological polar surface area (TPSA) is 38.3 Å². The number of hydrogen-bond acceptors (Lipinski definition) is 2. The van der Waals surface area contributed by atoms with Crippen molar-refractivity contribution < 1.29 is 14.0 Å². The maximum Gasteiger partial charge on any atom is 0.243 e. The van der Waals surface area contributed by atoms with Gasteiger partial charge in [0.15, 0.2) is 0 Å². The number of aryl methyl sites for hydroxylation is 1. The van der Waals surface area contributed by atoms with Crippen molar-refractivity contribution in [3.8, 4) is 0 Å². The number of hydroxylamine groups is 1. The highest BCUT2D eigenvalue weighted by Gasteiger charge is 2.04. The predicted octanol–water partition coefficient (Wildman–Crippen LogP) is 1.44. The Kier molecular flexibility index (Phi) is 4.07. The normalized spacial score (nSPS) is 9.86. The summed E-state index contributed by atoms with van der Waals surface area (Å²) < 4.78 is 13.1. The molecule has 4 heteroatoms. The number of amides is 1. The maximum absolute atomic E-state index is 13.1. The van der Waals surface area contributed by atoms with Crippen LogP contribution in [0.4, 0.5) is 4.39 Å². The minimum absolute atomic E-state index is 0.217. The molecular weight excluding hydrogens is 185 g/mol. The first-order valence-corrected chi connectivity index (χ1v) is 4.29. The summed E-state index contributed by atoms with van der Waals surface area (Å²) >= 11 is 0. The van der Waals surface area contributed by atoms with E-state index in [1.54, 1.807) is 18.2 Å². The van der Waals surface area contributed by atoms with E-state index in [0.717, 1.165) is 0 Å². The molecule has 0 heterocycles. The Balaban J connectivity index is 2.46. The number of benzene rings is 1. The molecule has 0 aliphatic rings. The van der Waals surface area contributed by atoms with Crippen molar-refractivity contribution in [2.45, 2.75) is 12.8 Å². The highest BCUT2D eigenvalue weighted by Crippen LogP contribution is 2.08. The van der Waals surface area contributed by atoms with Crippen molar-refractivity contribution >= 4 is 5.91 Å². The van der Waals surface area contributed by atoms with Crippen molar-refractivity contribution in [3.63, 3.8) is 0 Å². The van der Waals surface area contributed by atoms with Crippen LogP contribution >= 0.6 is 0 Å². The van der Waals surface area contributed by atoms with Crippen LogP contribution in [-0.4, -0.2) is 13.0 Å².